The number of aromatic nitrogens is 2. The molecule has 1 fully saturated rings. The van der Waals surface area contributed by atoms with Crippen molar-refractivity contribution in [2.45, 2.75) is 38.6 Å². The maximum absolute atomic E-state index is 12.0. The quantitative estimate of drug-likeness (QED) is 0.813. The summed E-state index contributed by atoms with van der Waals surface area (Å²) in [6.07, 6.45) is 6.34. The number of anilines is 1. The molecule has 1 saturated carbocycles. The van der Waals surface area contributed by atoms with E-state index in [0.717, 1.165) is 6.42 Å². The van der Waals surface area contributed by atoms with Gasteiger partial charge in [-0.3, -0.25) is 9.48 Å². The number of nitrogens with one attached hydrogen (secondary N) is 1. The van der Waals surface area contributed by atoms with Gasteiger partial charge in [0, 0.05) is 19.3 Å². The van der Waals surface area contributed by atoms with E-state index in [1.54, 1.807) is 17.9 Å². The minimum atomic E-state index is -0.151. The minimum Gasteiger partial charge on any atom is -0.396 e. The molecule has 1 aromatic rings. The average Bonchev–Trinajstić information content (AvgIpc) is 2.61. The summed E-state index contributed by atoms with van der Waals surface area (Å²) in [6, 6.07) is 0.262. The molecular weight excluding hydrogens is 216 g/mol. The van der Waals surface area contributed by atoms with Crippen LogP contribution >= 0.6 is 0 Å². The maximum atomic E-state index is 12.0. The number of nitrogens with zero attached hydrogens (tertiary/aromatic N) is 2. The third-order valence-corrected chi connectivity index (χ3v) is 3.50. The Morgan fingerprint density at radius 3 is 2.82 bits per heavy atom. The number of carbonyl (C=O) groups is 1. The molecule has 1 aromatic heterocycles. The Balaban J connectivity index is 2.03. The summed E-state index contributed by atoms with van der Waals surface area (Å²) >= 11 is 0. The van der Waals surface area contributed by atoms with Crippen molar-refractivity contribution in [3.63, 3.8) is 0 Å². The molecule has 0 aliphatic heterocycles. The summed E-state index contributed by atoms with van der Waals surface area (Å²) in [5.41, 5.74) is 6.51. The van der Waals surface area contributed by atoms with E-state index in [1.807, 2.05) is 0 Å². The highest BCUT2D eigenvalue weighted by Gasteiger charge is 2.24. The fourth-order valence-electron chi connectivity index (χ4n) is 2.45. The van der Waals surface area contributed by atoms with Gasteiger partial charge in [0.1, 0.15) is 0 Å². The lowest BCUT2D eigenvalue weighted by Crippen LogP contribution is -2.41. The molecule has 1 amide bonds. The Morgan fingerprint density at radius 1 is 1.53 bits per heavy atom. The average molecular weight is 236 g/mol. The first-order valence-electron chi connectivity index (χ1n) is 6.18. The van der Waals surface area contributed by atoms with Gasteiger partial charge < -0.3 is 11.1 Å². The lowest BCUT2D eigenvalue weighted by molar-refractivity contribution is 0.0905. The van der Waals surface area contributed by atoms with Gasteiger partial charge in [0.15, 0.2) is 5.69 Å². The number of aryl methyl sites for hydroxylation is 1. The van der Waals surface area contributed by atoms with Crippen molar-refractivity contribution in [2.75, 3.05) is 5.73 Å². The van der Waals surface area contributed by atoms with Crippen LogP contribution in [0.15, 0.2) is 6.20 Å². The van der Waals surface area contributed by atoms with Crippen molar-refractivity contribution in [2.24, 2.45) is 13.0 Å². The molecule has 2 unspecified atom stereocenters. The van der Waals surface area contributed by atoms with Crippen LogP contribution < -0.4 is 11.1 Å². The third-order valence-electron chi connectivity index (χ3n) is 3.50. The number of amides is 1. The van der Waals surface area contributed by atoms with E-state index in [9.17, 15) is 4.79 Å². The predicted molar refractivity (Wildman–Crippen MR) is 66.5 cm³/mol. The number of hydrogen-bond acceptors (Lipinski definition) is 3. The highest BCUT2D eigenvalue weighted by atomic mass is 16.2. The molecule has 3 N–H and O–H groups in total. The molecule has 0 spiro atoms. The van der Waals surface area contributed by atoms with Crippen molar-refractivity contribution < 1.29 is 4.79 Å². The summed E-state index contributed by atoms with van der Waals surface area (Å²) in [6.45, 7) is 2.19. The number of rotatable bonds is 2. The molecule has 0 saturated heterocycles. The Kier molecular flexibility index (Phi) is 3.36. The molecule has 17 heavy (non-hydrogen) atoms. The van der Waals surface area contributed by atoms with Crippen LogP contribution in [0.1, 0.15) is 43.1 Å². The van der Waals surface area contributed by atoms with Gasteiger partial charge >= 0.3 is 0 Å². The highest BCUT2D eigenvalue weighted by Crippen LogP contribution is 2.24. The lowest BCUT2D eigenvalue weighted by Gasteiger charge is -2.29. The van der Waals surface area contributed by atoms with Crippen LogP contribution in [0.25, 0.3) is 0 Å². The fraction of sp³-hybridized carbons (Fsp3) is 0.667. The summed E-state index contributed by atoms with van der Waals surface area (Å²) in [5, 5.41) is 7.12. The Bertz CT molecular complexity index is 413. The number of carbonyl (C=O) groups excluding carboxylic acids is 1. The molecule has 0 aromatic carbocycles. The summed E-state index contributed by atoms with van der Waals surface area (Å²) in [5.74, 6) is 0.388. The first-order valence-corrected chi connectivity index (χ1v) is 6.18. The van der Waals surface area contributed by atoms with Gasteiger partial charge in [-0.25, -0.2) is 0 Å². The molecule has 2 rings (SSSR count). The van der Waals surface area contributed by atoms with Gasteiger partial charge in [-0.15, -0.1) is 0 Å². The molecule has 0 bridgehead atoms. The fourth-order valence-corrected chi connectivity index (χ4v) is 2.45. The van der Waals surface area contributed by atoms with Gasteiger partial charge in [-0.05, 0) is 18.8 Å². The maximum Gasteiger partial charge on any atom is 0.274 e. The van der Waals surface area contributed by atoms with E-state index in [2.05, 4.69) is 17.3 Å². The molecule has 1 aliphatic carbocycles. The molecule has 0 radical (unpaired) electrons. The van der Waals surface area contributed by atoms with Crippen LogP contribution in [0.4, 0.5) is 5.69 Å². The van der Waals surface area contributed by atoms with Gasteiger partial charge in [-0.2, -0.15) is 5.10 Å². The van der Waals surface area contributed by atoms with E-state index in [4.69, 9.17) is 5.73 Å². The number of nitrogens with two attached hydrogens (primary N) is 1. The smallest absolute Gasteiger partial charge is 0.274 e. The number of nitrogen functional groups attached to an aromatic ring is 1. The summed E-state index contributed by atoms with van der Waals surface area (Å²) < 4.78 is 1.56. The summed E-state index contributed by atoms with van der Waals surface area (Å²) in [4.78, 5) is 12.0. The second-order valence-corrected chi connectivity index (χ2v) is 4.95. The van der Waals surface area contributed by atoms with E-state index in [-0.39, 0.29) is 11.9 Å². The zero-order valence-corrected chi connectivity index (χ0v) is 10.4. The van der Waals surface area contributed by atoms with Crippen LogP contribution in [0, 0.1) is 5.92 Å². The van der Waals surface area contributed by atoms with Crippen molar-refractivity contribution in [1.82, 2.24) is 15.1 Å². The van der Waals surface area contributed by atoms with Crippen molar-refractivity contribution in [1.29, 1.82) is 0 Å². The van der Waals surface area contributed by atoms with Crippen molar-refractivity contribution in [3.8, 4) is 0 Å². The summed E-state index contributed by atoms with van der Waals surface area (Å²) in [7, 11) is 1.76. The van der Waals surface area contributed by atoms with Crippen molar-refractivity contribution in [3.05, 3.63) is 11.9 Å². The monoisotopic (exact) mass is 236 g/mol. The van der Waals surface area contributed by atoms with Crippen LogP contribution in [-0.2, 0) is 7.05 Å². The highest BCUT2D eigenvalue weighted by molar-refractivity contribution is 5.97. The Hall–Kier alpha value is -1.52. The molecule has 94 valence electrons. The standard InChI is InChI=1S/C12H20N4O/c1-8-5-3-4-6-10(8)14-12(17)11-9(13)7-16(2)15-11/h7-8,10H,3-6,13H2,1-2H3,(H,14,17). The van der Waals surface area contributed by atoms with E-state index < -0.39 is 0 Å². The largest absolute Gasteiger partial charge is 0.396 e. The molecule has 2 atom stereocenters. The van der Waals surface area contributed by atoms with Crippen LogP contribution in [0.5, 0.6) is 0 Å². The molecule has 5 heteroatoms. The SMILES string of the molecule is CC1CCCCC1NC(=O)c1nn(C)cc1N. The van der Waals surface area contributed by atoms with Crippen LogP contribution in [0.3, 0.4) is 0 Å². The van der Waals surface area contributed by atoms with Gasteiger partial charge in [0.25, 0.3) is 5.91 Å². The van der Waals surface area contributed by atoms with E-state index in [1.165, 1.54) is 19.3 Å². The first-order chi connectivity index (χ1) is 8.08. The minimum absolute atomic E-state index is 0.151. The van der Waals surface area contributed by atoms with E-state index in [0.29, 0.717) is 17.3 Å². The third kappa shape index (κ3) is 2.60. The predicted octanol–water partition coefficient (Wildman–Crippen LogP) is 1.31. The number of hydrogen-bond donors (Lipinski definition) is 2. The zero-order chi connectivity index (χ0) is 12.4. The zero-order valence-electron chi connectivity index (χ0n) is 10.4. The lowest BCUT2D eigenvalue weighted by atomic mass is 9.86. The second kappa shape index (κ2) is 4.77. The first kappa shape index (κ1) is 12.0. The molecular formula is C12H20N4O. The van der Waals surface area contributed by atoms with Gasteiger partial charge in [0.05, 0.1) is 5.69 Å². The molecule has 1 aliphatic rings. The van der Waals surface area contributed by atoms with Crippen LogP contribution in [0.2, 0.25) is 0 Å². The van der Waals surface area contributed by atoms with Crippen molar-refractivity contribution >= 4 is 11.6 Å². The Morgan fingerprint density at radius 2 is 2.24 bits per heavy atom. The Labute approximate surface area is 101 Å². The van der Waals surface area contributed by atoms with E-state index >= 15 is 0 Å². The van der Waals surface area contributed by atoms with Gasteiger partial charge in [-0.1, -0.05) is 19.8 Å². The second-order valence-electron chi connectivity index (χ2n) is 4.95. The molecule has 1 heterocycles. The topological polar surface area (TPSA) is 72.9 Å². The van der Waals surface area contributed by atoms with Gasteiger partial charge in [0.2, 0.25) is 0 Å². The molecule has 5 nitrogen and oxygen atoms in total. The normalized spacial score (nSPS) is 24.6. The van der Waals surface area contributed by atoms with Crippen LogP contribution in [-0.4, -0.2) is 21.7 Å².